The van der Waals surface area contributed by atoms with Crippen molar-refractivity contribution in [1.82, 2.24) is 4.98 Å². The van der Waals surface area contributed by atoms with Gasteiger partial charge in [0.05, 0.1) is 16.9 Å². The number of oxazole rings is 1. The van der Waals surface area contributed by atoms with Crippen molar-refractivity contribution in [1.29, 1.82) is 0 Å². The van der Waals surface area contributed by atoms with Gasteiger partial charge < -0.3 is 15.1 Å². The third kappa shape index (κ3) is 2.28. The SMILES string of the molecule is CC1CCC(N(C)c2cc3[nH]c(=O)oc3cc2N)CC1. The van der Waals surface area contributed by atoms with Gasteiger partial charge in [-0.2, -0.15) is 0 Å². The maximum Gasteiger partial charge on any atom is 0.417 e. The predicted molar refractivity (Wildman–Crippen MR) is 81.1 cm³/mol. The number of H-pyrrole nitrogens is 1. The van der Waals surface area contributed by atoms with E-state index in [1.807, 2.05) is 6.07 Å². The number of anilines is 2. The van der Waals surface area contributed by atoms with Crippen LogP contribution >= 0.6 is 0 Å². The minimum Gasteiger partial charge on any atom is -0.408 e. The number of nitrogens with two attached hydrogens (primary N) is 1. The molecule has 5 nitrogen and oxygen atoms in total. The van der Waals surface area contributed by atoms with Crippen molar-refractivity contribution in [2.75, 3.05) is 17.7 Å². The number of hydrogen-bond acceptors (Lipinski definition) is 4. The van der Waals surface area contributed by atoms with Gasteiger partial charge in [-0.1, -0.05) is 6.92 Å². The highest BCUT2D eigenvalue weighted by atomic mass is 16.4. The van der Waals surface area contributed by atoms with Crippen LogP contribution in [0.2, 0.25) is 0 Å². The smallest absolute Gasteiger partial charge is 0.408 e. The molecule has 0 unspecified atom stereocenters. The number of rotatable bonds is 2. The van der Waals surface area contributed by atoms with E-state index in [0.717, 1.165) is 11.6 Å². The summed E-state index contributed by atoms with van der Waals surface area (Å²) in [5, 5.41) is 0. The van der Waals surface area contributed by atoms with Crippen LogP contribution in [0.3, 0.4) is 0 Å². The van der Waals surface area contributed by atoms with E-state index < -0.39 is 5.76 Å². The molecule has 2 aromatic rings. The zero-order chi connectivity index (χ0) is 14.3. The normalized spacial score (nSPS) is 23.1. The number of nitrogens with zero attached hydrogens (tertiary/aromatic N) is 1. The summed E-state index contributed by atoms with van der Waals surface area (Å²) >= 11 is 0. The fourth-order valence-electron chi connectivity index (χ4n) is 3.13. The number of nitrogens with one attached hydrogen (secondary N) is 1. The predicted octanol–water partition coefficient (Wildman–Crippen LogP) is 2.72. The summed E-state index contributed by atoms with van der Waals surface area (Å²) in [6.07, 6.45) is 4.91. The van der Waals surface area contributed by atoms with Crippen LogP contribution in [-0.2, 0) is 0 Å². The van der Waals surface area contributed by atoms with Crippen molar-refractivity contribution in [2.24, 2.45) is 5.92 Å². The van der Waals surface area contributed by atoms with E-state index in [1.54, 1.807) is 6.07 Å². The third-order valence-electron chi connectivity index (χ3n) is 4.48. The molecule has 1 aliphatic rings. The van der Waals surface area contributed by atoms with Gasteiger partial charge in [0.25, 0.3) is 0 Å². The Morgan fingerprint density at radius 2 is 2.00 bits per heavy atom. The molecule has 1 saturated carbocycles. The third-order valence-corrected chi connectivity index (χ3v) is 4.48. The van der Waals surface area contributed by atoms with Gasteiger partial charge in [0, 0.05) is 19.2 Å². The summed E-state index contributed by atoms with van der Waals surface area (Å²) in [7, 11) is 2.08. The molecule has 0 saturated heterocycles. The molecule has 1 aromatic carbocycles. The number of benzene rings is 1. The van der Waals surface area contributed by atoms with Crippen LogP contribution in [0.1, 0.15) is 32.6 Å². The van der Waals surface area contributed by atoms with Gasteiger partial charge in [-0.15, -0.1) is 0 Å². The first-order chi connectivity index (χ1) is 9.54. The fourth-order valence-corrected chi connectivity index (χ4v) is 3.13. The Kier molecular flexibility index (Phi) is 3.20. The zero-order valence-electron chi connectivity index (χ0n) is 12.0. The Balaban J connectivity index is 1.92. The van der Waals surface area contributed by atoms with Crippen molar-refractivity contribution < 1.29 is 4.42 Å². The minimum atomic E-state index is -0.439. The van der Waals surface area contributed by atoms with E-state index in [9.17, 15) is 4.79 Å². The summed E-state index contributed by atoms with van der Waals surface area (Å²) in [6.45, 7) is 2.31. The van der Waals surface area contributed by atoms with E-state index in [2.05, 4.69) is 23.9 Å². The Labute approximate surface area is 117 Å². The summed E-state index contributed by atoms with van der Waals surface area (Å²) in [4.78, 5) is 16.2. The molecule has 20 heavy (non-hydrogen) atoms. The molecule has 0 radical (unpaired) electrons. The molecule has 0 atom stereocenters. The molecular weight excluding hydrogens is 254 g/mol. The second-order valence-electron chi connectivity index (χ2n) is 5.95. The second-order valence-corrected chi connectivity index (χ2v) is 5.95. The van der Waals surface area contributed by atoms with Crippen LogP contribution in [0, 0.1) is 5.92 Å². The molecule has 1 fully saturated rings. The topological polar surface area (TPSA) is 75.3 Å². The number of hydrogen-bond donors (Lipinski definition) is 2. The van der Waals surface area contributed by atoms with Gasteiger partial charge in [-0.3, -0.25) is 4.98 Å². The highest BCUT2D eigenvalue weighted by Gasteiger charge is 2.23. The molecule has 1 aromatic heterocycles. The molecular formula is C15H21N3O2. The molecule has 0 aliphatic heterocycles. The number of aromatic nitrogens is 1. The molecule has 0 bridgehead atoms. The number of fused-ring (bicyclic) bond motifs is 1. The maximum absolute atomic E-state index is 11.2. The van der Waals surface area contributed by atoms with Crippen LogP contribution in [-0.4, -0.2) is 18.1 Å². The molecule has 0 amide bonds. The Morgan fingerprint density at radius 1 is 1.30 bits per heavy atom. The van der Waals surface area contributed by atoms with Gasteiger partial charge >= 0.3 is 5.76 Å². The first-order valence-electron chi connectivity index (χ1n) is 7.20. The lowest BCUT2D eigenvalue weighted by Crippen LogP contribution is -2.35. The highest BCUT2D eigenvalue weighted by Crippen LogP contribution is 2.33. The van der Waals surface area contributed by atoms with E-state index in [4.69, 9.17) is 10.2 Å². The van der Waals surface area contributed by atoms with Crippen molar-refractivity contribution in [3.63, 3.8) is 0 Å². The summed E-state index contributed by atoms with van der Waals surface area (Å²) in [5.41, 5.74) is 8.95. The van der Waals surface area contributed by atoms with Crippen LogP contribution in [0.15, 0.2) is 21.3 Å². The largest absolute Gasteiger partial charge is 0.417 e. The average Bonchev–Trinajstić information content (AvgIpc) is 2.77. The van der Waals surface area contributed by atoms with Crippen molar-refractivity contribution >= 4 is 22.5 Å². The zero-order valence-corrected chi connectivity index (χ0v) is 12.0. The summed E-state index contributed by atoms with van der Waals surface area (Å²) < 4.78 is 5.03. The molecule has 108 valence electrons. The van der Waals surface area contributed by atoms with Gasteiger partial charge in [-0.25, -0.2) is 4.79 Å². The molecule has 0 spiro atoms. The van der Waals surface area contributed by atoms with Crippen molar-refractivity contribution in [3.05, 3.63) is 22.7 Å². The molecule has 1 heterocycles. The van der Waals surface area contributed by atoms with Crippen molar-refractivity contribution in [2.45, 2.75) is 38.6 Å². The lowest BCUT2D eigenvalue weighted by Gasteiger charge is -2.35. The first-order valence-corrected chi connectivity index (χ1v) is 7.20. The highest BCUT2D eigenvalue weighted by molar-refractivity contribution is 5.85. The summed E-state index contributed by atoms with van der Waals surface area (Å²) in [5.74, 6) is 0.385. The van der Waals surface area contributed by atoms with E-state index in [1.165, 1.54) is 25.7 Å². The van der Waals surface area contributed by atoms with Gasteiger partial charge in [-0.05, 0) is 37.7 Å². The van der Waals surface area contributed by atoms with Crippen LogP contribution in [0.4, 0.5) is 11.4 Å². The minimum absolute atomic E-state index is 0.439. The molecule has 5 heteroatoms. The lowest BCUT2D eigenvalue weighted by molar-refractivity contribution is 0.341. The number of aromatic amines is 1. The summed E-state index contributed by atoms with van der Waals surface area (Å²) in [6, 6.07) is 4.16. The average molecular weight is 275 g/mol. The van der Waals surface area contributed by atoms with E-state index >= 15 is 0 Å². The quantitative estimate of drug-likeness (QED) is 0.826. The first kappa shape index (κ1) is 13.1. The second kappa shape index (κ2) is 4.89. The Bertz CT molecular complexity index is 665. The van der Waals surface area contributed by atoms with E-state index in [-0.39, 0.29) is 0 Å². The van der Waals surface area contributed by atoms with Gasteiger partial charge in [0.15, 0.2) is 5.58 Å². The molecule has 3 rings (SSSR count). The standard InChI is InChI=1S/C15H21N3O2/c1-9-3-5-10(6-4-9)18(2)13-8-12-14(7-11(13)16)20-15(19)17-12/h7-10H,3-6,16H2,1-2H3,(H,17,19). The fraction of sp³-hybridized carbons (Fsp3) is 0.533. The van der Waals surface area contributed by atoms with Gasteiger partial charge in [0.1, 0.15) is 0 Å². The van der Waals surface area contributed by atoms with Crippen LogP contribution in [0.5, 0.6) is 0 Å². The Hall–Kier alpha value is -1.91. The van der Waals surface area contributed by atoms with Gasteiger partial charge in [0.2, 0.25) is 0 Å². The molecule has 1 aliphatic carbocycles. The monoisotopic (exact) mass is 275 g/mol. The van der Waals surface area contributed by atoms with Crippen LogP contribution in [0.25, 0.3) is 11.1 Å². The maximum atomic E-state index is 11.2. The number of nitrogen functional groups attached to an aromatic ring is 1. The van der Waals surface area contributed by atoms with E-state index in [0.29, 0.717) is 22.8 Å². The Morgan fingerprint density at radius 3 is 2.70 bits per heavy atom. The van der Waals surface area contributed by atoms with Crippen LogP contribution < -0.4 is 16.4 Å². The van der Waals surface area contributed by atoms with Crippen molar-refractivity contribution in [3.8, 4) is 0 Å². The molecule has 3 N–H and O–H groups in total. The lowest BCUT2D eigenvalue weighted by atomic mass is 9.86.